The van der Waals surface area contributed by atoms with Crippen molar-refractivity contribution >= 4 is 33.4 Å². The first kappa shape index (κ1) is 22.7. The lowest BCUT2D eigenvalue weighted by atomic mass is 9.82. The zero-order valence-electron chi connectivity index (χ0n) is 21.2. The molecule has 3 aromatic heterocycles. The third kappa shape index (κ3) is 3.17. The number of halogens is 1. The van der Waals surface area contributed by atoms with Crippen molar-refractivity contribution in [1.82, 2.24) is 18.9 Å². The Kier molecular flexibility index (Phi) is 5.31. The summed E-state index contributed by atoms with van der Waals surface area (Å²) >= 11 is 7.27. The van der Waals surface area contributed by atoms with Crippen LogP contribution in [0.15, 0.2) is 78.9 Å². The van der Waals surface area contributed by atoms with E-state index in [0.29, 0.717) is 5.15 Å². The summed E-state index contributed by atoms with van der Waals surface area (Å²) in [5, 5.41) is 8.11. The number of aryl methyl sites for hydroxylation is 3. The summed E-state index contributed by atoms with van der Waals surface area (Å²) in [7, 11) is 4.30. The van der Waals surface area contributed by atoms with Gasteiger partial charge in [0, 0.05) is 58.8 Å². The van der Waals surface area contributed by atoms with E-state index < -0.39 is 0 Å². The molecule has 0 aliphatic rings. The van der Waals surface area contributed by atoms with Gasteiger partial charge in [-0.15, -0.1) is 0 Å². The van der Waals surface area contributed by atoms with Crippen LogP contribution in [-0.4, -0.2) is 18.9 Å². The number of hydrogen-bond acceptors (Lipinski definition) is 1. The van der Waals surface area contributed by atoms with Crippen LogP contribution >= 0.6 is 11.6 Å². The highest BCUT2D eigenvalue weighted by Crippen LogP contribution is 2.47. The van der Waals surface area contributed by atoms with Gasteiger partial charge < -0.3 is 9.13 Å². The van der Waals surface area contributed by atoms with Crippen LogP contribution in [0.4, 0.5) is 0 Å². The number of hydrogen-bond donors (Lipinski definition) is 0. The first-order valence-corrected chi connectivity index (χ1v) is 12.7. The Morgan fingerprint density at radius 1 is 0.639 bits per heavy atom. The molecule has 0 aliphatic carbocycles. The molecule has 4 nitrogen and oxygen atoms in total. The monoisotopic (exact) mass is 492 g/mol. The first-order valence-electron chi connectivity index (χ1n) is 12.3. The third-order valence-electron chi connectivity index (χ3n) is 7.81. The van der Waals surface area contributed by atoms with Gasteiger partial charge in [-0.3, -0.25) is 0 Å². The van der Waals surface area contributed by atoms with Crippen LogP contribution in [0, 0.1) is 20.8 Å². The summed E-state index contributed by atoms with van der Waals surface area (Å²) in [6, 6.07) is 27.5. The van der Waals surface area contributed by atoms with Crippen LogP contribution in [-0.2, 0) is 14.1 Å². The molecule has 0 bridgehead atoms. The van der Waals surface area contributed by atoms with E-state index >= 15 is 0 Å². The van der Waals surface area contributed by atoms with Crippen molar-refractivity contribution in [3.8, 4) is 5.69 Å². The molecule has 0 unspecified atom stereocenters. The molecule has 5 heteroatoms. The normalized spacial score (nSPS) is 11.9. The second-order valence-electron chi connectivity index (χ2n) is 9.62. The molecule has 36 heavy (non-hydrogen) atoms. The summed E-state index contributed by atoms with van der Waals surface area (Å²) in [6.45, 7) is 6.51. The summed E-state index contributed by atoms with van der Waals surface area (Å²) in [4.78, 5) is 0. The van der Waals surface area contributed by atoms with Gasteiger partial charge in [-0.05, 0) is 56.2 Å². The molecule has 3 heterocycles. The summed E-state index contributed by atoms with van der Waals surface area (Å²) in [5.74, 6) is -0.0767. The van der Waals surface area contributed by atoms with Crippen molar-refractivity contribution in [1.29, 1.82) is 0 Å². The van der Waals surface area contributed by atoms with E-state index in [1.165, 1.54) is 44.3 Å². The third-order valence-corrected chi connectivity index (χ3v) is 8.18. The molecule has 0 saturated heterocycles. The van der Waals surface area contributed by atoms with Crippen LogP contribution in [0.25, 0.3) is 27.5 Å². The summed E-state index contributed by atoms with van der Waals surface area (Å²) in [5.41, 5.74) is 10.4. The van der Waals surface area contributed by atoms with Crippen molar-refractivity contribution in [3.05, 3.63) is 118 Å². The number of aromatic nitrogens is 4. The van der Waals surface area contributed by atoms with E-state index in [2.05, 4.69) is 92.5 Å². The minimum atomic E-state index is -0.0767. The Morgan fingerprint density at radius 2 is 1.11 bits per heavy atom. The molecule has 0 fully saturated rings. The average Bonchev–Trinajstić information content (AvgIpc) is 3.44. The number of rotatable bonds is 4. The van der Waals surface area contributed by atoms with Crippen LogP contribution in [0.2, 0.25) is 5.15 Å². The lowest BCUT2D eigenvalue weighted by Gasteiger charge is -2.21. The van der Waals surface area contributed by atoms with E-state index in [4.69, 9.17) is 16.7 Å². The maximum atomic E-state index is 7.27. The van der Waals surface area contributed by atoms with Gasteiger partial charge >= 0.3 is 0 Å². The van der Waals surface area contributed by atoms with Gasteiger partial charge in [0.1, 0.15) is 5.15 Å². The van der Waals surface area contributed by atoms with E-state index in [0.717, 1.165) is 16.9 Å². The molecule has 0 saturated carbocycles. The van der Waals surface area contributed by atoms with Gasteiger partial charge in [-0.2, -0.15) is 5.10 Å². The fourth-order valence-corrected chi connectivity index (χ4v) is 6.22. The first-order chi connectivity index (χ1) is 17.4. The maximum absolute atomic E-state index is 7.27. The molecule has 0 spiro atoms. The van der Waals surface area contributed by atoms with E-state index in [-0.39, 0.29) is 5.92 Å². The fourth-order valence-electron chi connectivity index (χ4n) is 5.84. The SMILES string of the molecule is Cc1nn(-c2ccccc2)c(Cl)c1C(c1c(C)n(C)c2ccccc12)c1c(C)n(C)c2ccccc12. The molecule has 3 aromatic carbocycles. The van der Waals surface area contributed by atoms with Gasteiger partial charge in [0.05, 0.1) is 11.4 Å². The Bertz CT molecular complexity index is 1660. The Labute approximate surface area is 216 Å². The minimum absolute atomic E-state index is 0.0767. The van der Waals surface area contributed by atoms with Crippen molar-refractivity contribution in [3.63, 3.8) is 0 Å². The molecule has 0 N–H and O–H groups in total. The highest BCUT2D eigenvalue weighted by Gasteiger charge is 2.33. The van der Waals surface area contributed by atoms with E-state index in [1.807, 2.05) is 35.0 Å². The molecule has 0 atom stereocenters. The van der Waals surface area contributed by atoms with E-state index in [1.54, 1.807) is 0 Å². The molecule has 6 aromatic rings. The van der Waals surface area contributed by atoms with E-state index in [9.17, 15) is 0 Å². The quantitative estimate of drug-likeness (QED) is 0.249. The highest BCUT2D eigenvalue weighted by atomic mass is 35.5. The number of para-hydroxylation sites is 3. The van der Waals surface area contributed by atoms with Crippen LogP contribution in [0.1, 0.15) is 39.7 Å². The Morgan fingerprint density at radius 3 is 1.64 bits per heavy atom. The van der Waals surface area contributed by atoms with Gasteiger partial charge in [-0.25, -0.2) is 4.68 Å². The number of nitrogens with zero attached hydrogens (tertiary/aromatic N) is 4. The molecule has 0 radical (unpaired) electrons. The molecule has 0 amide bonds. The maximum Gasteiger partial charge on any atom is 0.137 e. The largest absolute Gasteiger partial charge is 0.348 e. The van der Waals surface area contributed by atoms with Gasteiger partial charge in [-0.1, -0.05) is 66.2 Å². The van der Waals surface area contributed by atoms with Crippen LogP contribution in [0.5, 0.6) is 0 Å². The molecular formula is C31H29ClN4. The predicted octanol–water partition coefficient (Wildman–Crippen LogP) is 7.61. The minimum Gasteiger partial charge on any atom is -0.348 e. The standard InChI is InChI=1S/C31H29ClN4/c1-19-27(31(32)36(33-19)22-13-7-6-8-14-22)30(28-20(2)34(4)25-17-11-9-15-23(25)28)29-21(3)35(5)26-18-12-10-16-24(26)29/h6-18,30H,1-5H3. The number of benzene rings is 3. The zero-order chi connectivity index (χ0) is 25.1. The Balaban J connectivity index is 1.75. The van der Waals surface area contributed by atoms with Crippen LogP contribution < -0.4 is 0 Å². The topological polar surface area (TPSA) is 27.7 Å². The van der Waals surface area contributed by atoms with Crippen LogP contribution in [0.3, 0.4) is 0 Å². The lowest BCUT2D eigenvalue weighted by Crippen LogP contribution is -2.09. The smallest absolute Gasteiger partial charge is 0.137 e. The van der Waals surface area contributed by atoms with Gasteiger partial charge in [0.2, 0.25) is 0 Å². The van der Waals surface area contributed by atoms with Gasteiger partial charge in [0.25, 0.3) is 0 Å². The van der Waals surface area contributed by atoms with Gasteiger partial charge in [0.15, 0.2) is 0 Å². The van der Waals surface area contributed by atoms with Crippen molar-refractivity contribution in [2.24, 2.45) is 14.1 Å². The second kappa shape index (κ2) is 8.42. The lowest BCUT2D eigenvalue weighted by molar-refractivity contribution is 0.854. The van der Waals surface area contributed by atoms with Crippen molar-refractivity contribution in [2.45, 2.75) is 26.7 Å². The molecule has 180 valence electrons. The fraction of sp³-hybridized carbons (Fsp3) is 0.194. The summed E-state index contributed by atoms with van der Waals surface area (Å²) < 4.78 is 6.46. The highest BCUT2D eigenvalue weighted by molar-refractivity contribution is 6.31. The predicted molar refractivity (Wildman–Crippen MR) is 150 cm³/mol. The summed E-state index contributed by atoms with van der Waals surface area (Å²) in [6.07, 6.45) is 0. The van der Waals surface area contributed by atoms with Crippen molar-refractivity contribution < 1.29 is 0 Å². The average molecular weight is 493 g/mol. The van der Waals surface area contributed by atoms with Crippen molar-refractivity contribution in [2.75, 3.05) is 0 Å². The Hall–Kier alpha value is -3.76. The second-order valence-corrected chi connectivity index (χ2v) is 9.98. The zero-order valence-corrected chi connectivity index (χ0v) is 22.0. The molecular weight excluding hydrogens is 464 g/mol. The molecule has 0 aliphatic heterocycles. The molecule has 6 rings (SSSR count). The number of fused-ring (bicyclic) bond motifs is 2.